The molecule has 0 aliphatic carbocycles. The zero-order chi connectivity index (χ0) is 13.2. The topological polar surface area (TPSA) is 73.9 Å². The number of halogens is 3. The van der Waals surface area contributed by atoms with Crippen LogP contribution in [0, 0.1) is 0 Å². The molecule has 0 bridgehead atoms. The van der Waals surface area contributed by atoms with Gasteiger partial charge in [0.2, 0.25) is 0 Å². The van der Waals surface area contributed by atoms with Gasteiger partial charge in [0.1, 0.15) is 5.82 Å². The molecular formula is C9H12F3N5O. The van der Waals surface area contributed by atoms with Crippen molar-refractivity contribution in [1.82, 2.24) is 25.4 Å². The van der Waals surface area contributed by atoms with E-state index < -0.39 is 12.0 Å². The fourth-order valence-corrected chi connectivity index (χ4v) is 1.69. The first-order chi connectivity index (χ1) is 8.47. The van der Waals surface area contributed by atoms with E-state index in [4.69, 9.17) is 0 Å². The molecule has 1 saturated heterocycles. The molecule has 2 amide bonds. The monoisotopic (exact) mass is 263 g/mol. The smallest absolute Gasteiger partial charge is 0.331 e. The lowest BCUT2D eigenvalue weighted by atomic mass is 10.4. The highest BCUT2D eigenvalue weighted by Gasteiger charge is 2.36. The number of carbonyl (C=O) groups is 1. The molecule has 0 aromatic carbocycles. The molecule has 1 fully saturated rings. The summed E-state index contributed by atoms with van der Waals surface area (Å²) in [6, 6.07) is -0.294. The summed E-state index contributed by atoms with van der Waals surface area (Å²) in [5.41, 5.74) is 0. The molecule has 2 heterocycles. The van der Waals surface area contributed by atoms with E-state index in [0.29, 0.717) is 13.1 Å². The number of carbonyl (C=O) groups excluding carboxylic acids is 1. The average molecular weight is 263 g/mol. The van der Waals surface area contributed by atoms with Crippen molar-refractivity contribution in [3.05, 3.63) is 11.6 Å². The van der Waals surface area contributed by atoms with Gasteiger partial charge in [-0.15, -0.1) is 5.10 Å². The number of likely N-dealkylation sites (tertiary alicyclic amines) is 1. The van der Waals surface area contributed by atoms with E-state index in [0.717, 1.165) is 12.8 Å². The molecule has 0 saturated carbocycles. The third-order valence-electron chi connectivity index (χ3n) is 2.59. The van der Waals surface area contributed by atoms with Gasteiger partial charge in [-0.3, -0.25) is 5.10 Å². The fourth-order valence-electron chi connectivity index (χ4n) is 1.69. The highest BCUT2D eigenvalue weighted by molar-refractivity contribution is 5.74. The summed E-state index contributed by atoms with van der Waals surface area (Å²) in [6.45, 7) is 1.25. The number of rotatable bonds is 2. The molecule has 9 heteroatoms. The van der Waals surface area contributed by atoms with Crippen LogP contribution in [0.4, 0.5) is 18.0 Å². The summed E-state index contributed by atoms with van der Waals surface area (Å²) < 4.78 is 36.6. The minimum Gasteiger partial charge on any atom is -0.331 e. The molecule has 1 aromatic rings. The van der Waals surface area contributed by atoms with Crippen LogP contribution in [0.15, 0.2) is 0 Å². The van der Waals surface area contributed by atoms with E-state index in [1.54, 1.807) is 4.90 Å². The predicted octanol–water partition coefficient (Wildman–Crippen LogP) is 1.13. The van der Waals surface area contributed by atoms with Crippen LogP contribution in [-0.4, -0.2) is 39.2 Å². The number of nitrogens with zero attached hydrogens (tertiary/aromatic N) is 3. The third-order valence-corrected chi connectivity index (χ3v) is 2.59. The van der Waals surface area contributed by atoms with Gasteiger partial charge < -0.3 is 10.2 Å². The molecule has 1 aromatic heterocycles. The van der Waals surface area contributed by atoms with E-state index in [9.17, 15) is 18.0 Å². The number of hydrogen-bond donors (Lipinski definition) is 2. The molecule has 2 rings (SSSR count). The number of hydrogen-bond acceptors (Lipinski definition) is 3. The molecule has 0 atom stereocenters. The van der Waals surface area contributed by atoms with E-state index in [1.807, 2.05) is 0 Å². The summed E-state index contributed by atoms with van der Waals surface area (Å²) in [5, 5.41) is 7.67. The number of aromatic nitrogens is 3. The van der Waals surface area contributed by atoms with Crippen LogP contribution in [0.25, 0.3) is 0 Å². The molecular weight excluding hydrogens is 251 g/mol. The van der Waals surface area contributed by atoms with Crippen LogP contribution < -0.4 is 5.32 Å². The zero-order valence-corrected chi connectivity index (χ0v) is 9.42. The van der Waals surface area contributed by atoms with Crippen molar-refractivity contribution in [2.24, 2.45) is 0 Å². The number of H-pyrrole nitrogens is 1. The number of urea groups is 1. The zero-order valence-electron chi connectivity index (χ0n) is 9.42. The molecule has 100 valence electrons. The van der Waals surface area contributed by atoms with Gasteiger partial charge in [0, 0.05) is 13.1 Å². The van der Waals surface area contributed by atoms with Gasteiger partial charge >= 0.3 is 12.2 Å². The van der Waals surface area contributed by atoms with Gasteiger partial charge in [-0.05, 0) is 12.8 Å². The van der Waals surface area contributed by atoms with E-state index in [1.165, 1.54) is 0 Å². The molecule has 18 heavy (non-hydrogen) atoms. The SMILES string of the molecule is O=C(NCc1nc(C(F)(F)F)n[nH]1)N1CCCC1. The van der Waals surface area contributed by atoms with Gasteiger partial charge in [0.25, 0.3) is 5.82 Å². The Balaban J connectivity index is 1.86. The molecule has 0 radical (unpaired) electrons. The van der Waals surface area contributed by atoms with Crippen molar-refractivity contribution < 1.29 is 18.0 Å². The van der Waals surface area contributed by atoms with Crippen molar-refractivity contribution in [3.63, 3.8) is 0 Å². The van der Waals surface area contributed by atoms with E-state index >= 15 is 0 Å². The third kappa shape index (κ3) is 2.90. The molecule has 0 unspecified atom stereocenters. The van der Waals surface area contributed by atoms with Crippen molar-refractivity contribution in [2.45, 2.75) is 25.6 Å². The maximum absolute atomic E-state index is 12.2. The first-order valence-corrected chi connectivity index (χ1v) is 5.48. The lowest BCUT2D eigenvalue weighted by molar-refractivity contribution is -0.144. The van der Waals surface area contributed by atoms with Crippen molar-refractivity contribution >= 4 is 6.03 Å². The number of aromatic amines is 1. The van der Waals surface area contributed by atoms with E-state index in [2.05, 4.69) is 20.5 Å². The minimum absolute atomic E-state index is 0.0186. The largest absolute Gasteiger partial charge is 0.453 e. The van der Waals surface area contributed by atoms with Gasteiger partial charge in [-0.25, -0.2) is 9.78 Å². The Morgan fingerprint density at radius 1 is 1.39 bits per heavy atom. The Bertz CT molecular complexity index is 424. The van der Waals surface area contributed by atoms with Crippen LogP contribution >= 0.6 is 0 Å². The lowest BCUT2D eigenvalue weighted by Gasteiger charge is -2.15. The van der Waals surface area contributed by atoms with Gasteiger partial charge in [0.05, 0.1) is 6.54 Å². The van der Waals surface area contributed by atoms with Gasteiger partial charge in [0.15, 0.2) is 0 Å². The Hall–Kier alpha value is -1.80. The summed E-state index contributed by atoms with van der Waals surface area (Å²) in [5.74, 6) is -1.25. The van der Waals surface area contributed by atoms with E-state index in [-0.39, 0.29) is 18.4 Å². The van der Waals surface area contributed by atoms with Crippen LogP contribution in [0.3, 0.4) is 0 Å². The summed E-state index contributed by atoms with van der Waals surface area (Å²) >= 11 is 0. The minimum atomic E-state index is -4.58. The Kier molecular flexibility index (Phi) is 3.39. The second-order valence-corrected chi connectivity index (χ2v) is 3.96. The number of nitrogens with one attached hydrogen (secondary N) is 2. The summed E-state index contributed by atoms with van der Waals surface area (Å²) in [6.07, 6.45) is -2.67. The highest BCUT2D eigenvalue weighted by atomic mass is 19.4. The molecule has 6 nitrogen and oxygen atoms in total. The van der Waals surface area contributed by atoms with Crippen LogP contribution in [-0.2, 0) is 12.7 Å². The first-order valence-electron chi connectivity index (χ1n) is 5.48. The summed E-state index contributed by atoms with van der Waals surface area (Å²) in [4.78, 5) is 16.4. The van der Waals surface area contributed by atoms with Gasteiger partial charge in [-0.1, -0.05) is 0 Å². The maximum Gasteiger partial charge on any atom is 0.453 e. The predicted molar refractivity (Wildman–Crippen MR) is 54.4 cm³/mol. The van der Waals surface area contributed by atoms with Crippen LogP contribution in [0.5, 0.6) is 0 Å². The first kappa shape index (κ1) is 12.7. The Morgan fingerprint density at radius 3 is 2.61 bits per heavy atom. The normalized spacial score (nSPS) is 16.1. The summed E-state index contributed by atoms with van der Waals surface area (Å²) in [7, 11) is 0. The molecule has 2 N–H and O–H groups in total. The number of alkyl halides is 3. The van der Waals surface area contributed by atoms with Crippen molar-refractivity contribution in [3.8, 4) is 0 Å². The number of amides is 2. The van der Waals surface area contributed by atoms with Crippen molar-refractivity contribution in [2.75, 3.05) is 13.1 Å². The average Bonchev–Trinajstić information content (AvgIpc) is 2.96. The quantitative estimate of drug-likeness (QED) is 0.840. The second-order valence-electron chi connectivity index (χ2n) is 3.96. The standard InChI is InChI=1S/C9H12F3N5O/c10-9(11,12)7-14-6(15-16-7)5-13-8(18)17-3-1-2-4-17/h1-5H2,(H,13,18)(H,14,15,16). The van der Waals surface area contributed by atoms with Crippen LogP contribution in [0.2, 0.25) is 0 Å². The fraction of sp³-hybridized carbons (Fsp3) is 0.667. The maximum atomic E-state index is 12.2. The molecule has 1 aliphatic heterocycles. The lowest BCUT2D eigenvalue weighted by Crippen LogP contribution is -2.37. The molecule has 0 spiro atoms. The molecule has 1 aliphatic rings. The van der Waals surface area contributed by atoms with Crippen LogP contribution in [0.1, 0.15) is 24.5 Å². The Labute approximate surface area is 101 Å². The second kappa shape index (κ2) is 4.83. The highest BCUT2D eigenvalue weighted by Crippen LogP contribution is 2.25. The van der Waals surface area contributed by atoms with Crippen molar-refractivity contribution in [1.29, 1.82) is 0 Å². The Morgan fingerprint density at radius 2 is 2.06 bits per heavy atom. The van der Waals surface area contributed by atoms with Gasteiger partial charge in [-0.2, -0.15) is 13.2 Å².